The first-order valence-corrected chi connectivity index (χ1v) is 7.92. The van der Waals surface area contributed by atoms with Crippen LogP contribution in [-0.4, -0.2) is 10.8 Å². The Morgan fingerprint density at radius 3 is 2.46 bits per heavy atom. The van der Waals surface area contributed by atoms with Crippen LogP contribution in [0.4, 0.5) is 0 Å². The fourth-order valence-electron chi connectivity index (χ4n) is 2.99. The van der Waals surface area contributed by atoms with Gasteiger partial charge in [0.05, 0.1) is 0 Å². The number of hydrogen-bond acceptors (Lipinski definition) is 3. The fourth-order valence-corrected chi connectivity index (χ4v) is 2.99. The van der Waals surface area contributed by atoms with Gasteiger partial charge in [-0.15, -0.1) is 0 Å². The summed E-state index contributed by atoms with van der Waals surface area (Å²) in [6.07, 6.45) is 0. The molecule has 0 spiro atoms. The van der Waals surface area contributed by atoms with Gasteiger partial charge in [0.25, 0.3) is 5.56 Å². The Morgan fingerprint density at radius 2 is 1.79 bits per heavy atom. The lowest BCUT2D eigenvalue weighted by Gasteiger charge is -2.12. The number of H-pyrrole nitrogens is 1. The molecular weight excluding hydrogens is 300 g/mol. The standard InChI is InChI=1S/C20H20N2O2/c1-11-9-14(13(3)21)7-8-15(11)19(23)16-5-4-6-17-18(16)10-12(2)22-20(17)24/h4-10,13H,21H2,1-3H3,(H,22,24)/t13-/m1/s1. The van der Waals surface area contributed by atoms with Gasteiger partial charge < -0.3 is 10.7 Å². The number of carbonyl (C=O) groups is 1. The number of aromatic nitrogens is 1. The van der Waals surface area contributed by atoms with Gasteiger partial charge in [-0.2, -0.15) is 0 Å². The van der Waals surface area contributed by atoms with Gasteiger partial charge in [-0.05, 0) is 44.0 Å². The number of pyridine rings is 1. The zero-order valence-corrected chi connectivity index (χ0v) is 14.0. The van der Waals surface area contributed by atoms with E-state index in [1.165, 1.54) is 0 Å². The van der Waals surface area contributed by atoms with Gasteiger partial charge in [0.15, 0.2) is 5.78 Å². The van der Waals surface area contributed by atoms with Crippen molar-refractivity contribution in [1.29, 1.82) is 0 Å². The van der Waals surface area contributed by atoms with E-state index in [0.717, 1.165) is 16.8 Å². The van der Waals surface area contributed by atoms with Crippen LogP contribution in [0.25, 0.3) is 10.8 Å². The summed E-state index contributed by atoms with van der Waals surface area (Å²) >= 11 is 0. The third kappa shape index (κ3) is 2.76. The molecule has 0 radical (unpaired) electrons. The predicted molar refractivity (Wildman–Crippen MR) is 96.5 cm³/mol. The highest BCUT2D eigenvalue weighted by Gasteiger charge is 2.16. The number of aryl methyl sites for hydroxylation is 2. The molecule has 0 saturated carbocycles. The minimum absolute atomic E-state index is 0.0772. The minimum Gasteiger partial charge on any atom is -0.326 e. The van der Waals surface area contributed by atoms with Crippen molar-refractivity contribution in [3.63, 3.8) is 0 Å². The molecular formula is C20H20N2O2. The van der Waals surface area contributed by atoms with Crippen molar-refractivity contribution in [1.82, 2.24) is 4.98 Å². The van der Waals surface area contributed by atoms with Gasteiger partial charge in [-0.25, -0.2) is 0 Å². The first-order chi connectivity index (χ1) is 11.4. The zero-order valence-electron chi connectivity index (χ0n) is 14.0. The highest BCUT2D eigenvalue weighted by atomic mass is 16.1. The largest absolute Gasteiger partial charge is 0.326 e. The van der Waals surface area contributed by atoms with Crippen LogP contribution in [-0.2, 0) is 0 Å². The van der Waals surface area contributed by atoms with E-state index in [1.807, 2.05) is 45.0 Å². The highest BCUT2D eigenvalue weighted by molar-refractivity contribution is 6.17. The molecule has 1 heterocycles. The van der Waals surface area contributed by atoms with Crippen LogP contribution in [0.1, 0.15) is 45.7 Å². The molecule has 3 aromatic rings. The van der Waals surface area contributed by atoms with E-state index in [4.69, 9.17) is 5.73 Å². The van der Waals surface area contributed by atoms with E-state index in [1.54, 1.807) is 18.2 Å². The second-order valence-electron chi connectivity index (χ2n) is 6.24. The number of ketones is 1. The van der Waals surface area contributed by atoms with Gasteiger partial charge in [0.2, 0.25) is 0 Å². The SMILES string of the molecule is Cc1cc2c(C(=O)c3ccc([C@@H](C)N)cc3C)cccc2c(=O)[nH]1. The number of hydrogen-bond donors (Lipinski definition) is 2. The van der Waals surface area contributed by atoms with Gasteiger partial charge in [0, 0.05) is 33.6 Å². The summed E-state index contributed by atoms with van der Waals surface area (Å²) in [6, 6.07) is 12.6. The highest BCUT2D eigenvalue weighted by Crippen LogP contribution is 2.23. The third-order valence-electron chi connectivity index (χ3n) is 4.29. The van der Waals surface area contributed by atoms with E-state index in [2.05, 4.69) is 4.98 Å². The van der Waals surface area contributed by atoms with Crippen molar-refractivity contribution >= 4 is 16.6 Å². The van der Waals surface area contributed by atoms with Crippen molar-refractivity contribution in [2.75, 3.05) is 0 Å². The second kappa shape index (κ2) is 6.06. The van der Waals surface area contributed by atoms with Gasteiger partial charge >= 0.3 is 0 Å². The smallest absolute Gasteiger partial charge is 0.256 e. The van der Waals surface area contributed by atoms with E-state index < -0.39 is 0 Å². The quantitative estimate of drug-likeness (QED) is 0.726. The van der Waals surface area contributed by atoms with Gasteiger partial charge in [-0.1, -0.05) is 30.3 Å². The Labute approximate surface area is 140 Å². The maximum Gasteiger partial charge on any atom is 0.256 e. The molecule has 0 saturated heterocycles. The monoisotopic (exact) mass is 320 g/mol. The number of aromatic amines is 1. The summed E-state index contributed by atoms with van der Waals surface area (Å²) in [5.74, 6) is -0.0840. The van der Waals surface area contributed by atoms with Crippen LogP contribution in [0.5, 0.6) is 0 Å². The van der Waals surface area contributed by atoms with Crippen LogP contribution in [0, 0.1) is 13.8 Å². The number of benzene rings is 2. The molecule has 0 bridgehead atoms. The molecule has 3 rings (SSSR count). The molecule has 0 aliphatic rings. The number of nitrogens with one attached hydrogen (secondary N) is 1. The van der Waals surface area contributed by atoms with Crippen LogP contribution < -0.4 is 11.3 Å². The van der Waals surface area contributed by atoms with Crippen LogP contribution in [0.3, 0.4) is 0 Å². The number of fused-ring (bicyclic) bond motifs is 1. The Kier molecular flexibility index (Phi) is 4.08. The van der Waals surface area contributed by atoms with Crippen LogP contribution in [0.15, 0.2) is 47.3 Å². The lowest BCUT2D eigenvalue weighted by atomic mass is 9.93. The topological polar surface area (TPSA) is 76.0 Å². The first kappa shape index (κ1) is 16.1. The number of nitrogens with two attached hydrogens (primary N) is 1. The van der Waals surface area contributed by atoms with E-state index in [0.29, 0.717) is 21.9 Å². The Balaban J connectivity index is 2.18. The Hall–Kier alpha value is -2.72. The predicted octanol–water partition coefficient (Wildman–Crippen LogP) is 3.40. The summed E-state index contributed by atoms with van der Waals surface area (Å²) in [7, 11) is 0. The summed E-state index contributed by atoms with van der Waals surface area (Å²) in [5.41, 5.74) is 9.51. The molecule has 2 aromatic carbocycles. The summed E-state index contributed by atoms with van der Waals surface area (Å²) < 4.78 is 0. The van der Waals surface area contributed by atoms with Crippen LogP contribution >= 0.6 is 0 Å². The third-order valence-corrected chi connectivity index (χ3v) is 4.29. The molecule has 4 nitrogen and oxygen atoms in total. The molecule has 24 heavy (non-hydrogen) atoms. The Bertz CT molecular complexity index is 1000. The molecule has 0 fully saturated rings. The van der Waals surface area contributed by atoms with E-state index in [-0.39, 0.29) is 17.4 Å². The lowest BCUT2D eigenvalue weighted by Crippen LogP contribution is -2.12. The molecule has 4 heteroatoms. The van der Waals surface area contributed by atoms with Crippen molar-refractivity contribution < 1.29 is 4.79 Å². The molecule has 0 aliphatic carbocycles. The number of carbonyl (C=O) groups excluding carboxylic acids is 1. The molecule has 1 aromatic heterocycles. The molecule has 122 valence electrons. The Morgan fingerprint density at radius 1 is 1.04 bits per heavy atom. The molecule has 0 amide bonds. The van der Waals surface area contributed by atoms with Crippen molar-refractivity contribution in [3.05, 3.63) is 80.8 Å². The minimum atomic E-state index is -0.177. The molecule has 1 atom stereocenters. The maximum atomic E-state index is 13.0. The summed E-state index contributed by atoms with van der Waals surface area (Å²) in [6.45, 7) is 5.63. The van der Waals surface area contributed by atoms with Crippen molar-refractivity contribution in [2.24, 2.45) is 5.73 Å². The second-order valence-corrected chi connectivity index (χ2v) is 6.24. The summed E-state index contributed by atoms with van der Waals surface area (Å²) in [5, 5.41) is 1.20. The van der Waals surface area contributed by atoms with Gasteiger partial charge in [-0.3, -0.25) is 9.59 Å². The maximum absolute atomic E-state index is 13.0. The van der Waals surface area contributed by atoms with Crippen molar-refractivity contribution in [2.45, 2.75) is 26.8 Å². The average molecular weight is 320 g/mol. The zero-order chi connectivity index (χ0) is 17.4. The first-order valence-electron chi connectivity index (χ1n) is 7.92. The van der Waals surface area contributed by atoms with E-state index in [9.17, 15) is 9.59 Å². The average Bonchev–Trinajstić information content (AvgIpc) is 2.53. The lowest BCUT2D eigenvalue weighted by molar-refractivity contribution is 0.103. The number of rotatable bonds is 3. The van der Waals surface area contributed by atoms with Crippen molar-refractivity contribution in [3.8, 4) is 0 Å². The molecule has 3 N–H and O–H groups in total. The molecule has 0 unspecified atom stereocenters. The molecule has 0 aliphatic heterocycles. The van der Waals surface area contributed by atoms with Gasteiger partial charge in [0.1, 0.15) is 0 Å². The normalized spacial score (nSPS) is 12.3. The fraction of sp³-hybridized carbons (Fsp3) is 0.200. The van der Waals surface area contributed by atoms with E-state index >= 15 is 0 Å². The van der Waals surface area contributed by atoms with Crippen LogP contribution in [0.2, 0.25) is 0 Å². The summed E-state index contributed by atoms with van der Waals surface area (Å²) in [4.78, 5) is 27.9.